The number of amidine groups is 1. The fourth-order valence-corrected chi connectivity index (χ4v) is 2.29. The van der Waals surface area contributed by atoms with Crippen molar-refractivity contribution in [1.29, 1.82) is 0 Å². The molecule has 0 aromatic heterocycles. The largest absolute Gasteiger partial charge is 0.409 e. The standard InChI is InChI=1S/C11H23N3O/c1-2-10(11(12)14-15)13-8-7-9-5-3-4-6-9/h9-10,13,15H,2-8H2,1H3,(H2,12,14). The number of nitrogens with two attached hydrogens (primary N) is 1. The second kappa shape index (κ2) is 6.67. The summed E-state index contributed by atoms with van der Waals surface area (Å²) >= 11 is 0. The Morgan fingerprint density at radius 2 is 2.20 bits per heavy atom. The molecule has 0 bridgehead atoms. The lowest BCUT2D eigenvalue weighted by molar-refractivity contribution is 0.314. The molecule has 1 unspecified atom stereocenters. The highest BCUT2D eigenvalue weighted by Crippen LogP contribution is 2.26. The smallest absolute Gasteiger partial charge is 0.156 e. The Balaban J connectivity index is 2.16. The summed E-state index contributed by atoms with van der Waals surface area (Å²) in [5.74, 6) is 1.19. The van der Waals surface area contributed by atoms with Crippen LogP contribution in [0.5, 0.6) is 0 Å². The van der Waals surface area contributed by atoms with Crippen molar-refractivity contribution < 1.29 is 5.21 Å². The molecule has 4 N–H and O–H groups in total. The minimum atomic E-state index is 0.0244. The molecule has 1 saturated carbocycles. The topological polar surface area (TPSA) is 70.6 Å². The van der Waals surface area contributed by atoms with Gasteiger partial charge in [-0.2, -0.15) is 0 Å². The van der Waals surface area contributed by atoms with Crippen molar-refractivity contribution >= 4 is 5.84 Å². The van der Waals surface area contributed by atoms with Gasteiger partial charge >= 0.3 is 0 Å². The summed E-state index contributed by atoms with van der Waals surface area (Å²) in [5.41, 5.74) is 5.56. The highest BCUT2D eigenvalue weighted by atomic mass is 16.4. The van der Waals surface area contributed by atoms with Crippen LogP contribution in [-0.2, 0) is 0 Å². The zero-order valence-electron chi connectivity index (χ0n) is 9.58. The zero-order chi connectivity index (χ0) is 11.1. The lowest BCUT2D eigenvalue weighted by Gasteiger charge is -2.16. The Labute approximate surface area is 91.9 Å². The quantitative estimate of drug-likeness (QED) is 0.272. The molecule has 0 amide bonds. The number of hydrogen-bond donors (Lipinski definition) is 3. The van der Waals surface area contributed by atoms with E-state index in [1.807, 2.05) is 6.92 Å². The van der Waals surface area contributed by atoms with E-state index in [-0.39, 0.29) is 6.04 Å². The van der Waals surface area contributed by atoms with E-state index in [1.165, 1.54) is 32.1 Å². The first-order valence-corrected chi connectivity index (χ1v) is 5.98. The Morgan fingerprint density at radius 1 is 1.53 bits per heavy atom. The highest BCUT2D eigenvalue weighted by Gasteiger charge is 2.16. The maximum atomic E-state index is 8.57. The van der Waals surface area contributed by atoms with Crippen LogP contribution >= 0.6 is 0 Å². The van der Waals surface area contributed by atoms with Crippen LogP contribution in [0.25, 0.3) is 0 Å². The lowest BCUT2D eigenvalue weighted by Crippen LogP contribution is -2.41. The third-order valence-corrected chi connectivity index (χ3v) is 3.30. The van der Waals surface area contributed by atoms with E-state index in [0.717, 1.165) is 18.9 Å². The molecule has 1 atom stereocenters. The second-order valence-corrected chi connectivity index (χ2v) is 4.38. The molecule has 0 heterocycles. The average molecular weight is 213 g/mol. The average Bonchev–Trinajstić information content (AvgIpc) is 2.76. The molecule has 0 aromatic carbocycles. The number of nitrogens with zero attached hydrogens (tertiary/aromatic N) is 1. The molecule has 4 nitrogen and oxygen atoms in total. The molecule has 1 aliphatic rings. The SMILES string of the molecule is CCC(NCCC1CCCC1)C(N)=NO. The van der Waals surface area contributed by atoms with Crippen molar-refractivity contribution in [2.75, 3.05) is 6.54 Å². The molecular weight excluding hydrogens is 190 g/mol. The fraction of sp³-hybridized carbons (Fsp3) is 0.909. The number of hydrogen-bond acceptors (Lipinski definition) is 3. The van der Waals surface area contributed by atoms with E-state index < -0.39 is 0 Å². The summed E-state index contributed by atoms with van der Waals surface area (Å²) in [5, 5.41) is 14.9. The van der Waals surface area contributed by atoms with Gasteiger partial charge in [-0.15, -0.1) is 0 Å². The lowest BCUT2D eigenvalue weighted by atomic mass is 10.0. The third-order valence-electron chi connectivity index (χ3n) is 3.30. The first-order valence-electron chi connectivity index (χ1n) is 5.98. The van der Waals surface area contributed by atoms with E-state index in [2.05, 4.69) is 10.5 Å². The summed E-state index contributed by atoms with van der Waals surface area (Å²) in [6.07, 6.45) is 7.62. The van der Waals surface area contributed by atoms with Gasteiger partial charge in [-0.25, -0.2) is 0 Å². The number of rotatable bonds is 6. The first-order chi connectivity index (χ1) is 7.27. The molecule has 1 rings (SSSR count). The van der Waals surface area contributed by atoms with Gasteiger partial charge in [0.05, 0.1) is 6.04 Å². The Morgan fingerprint density at radius 3 is 2.73 bits per heavy atom. The summed E-state index contributed by atoms with van der Waals surface area (Å²) in [6.45, 7) is 3.00. The molecule has 88 valence electrons. The Bertz CT molecular complexity index is 200. The summed E-state index contributed by atoms with van der Waals surface area (Å²) in [4.78, 5) is 0. The van der Waals surface area contributed by atoms with Gasteiger partial charge in [0, 0.05) is 0 Å². The summed E-state index contributed by atoms with van der Waals surface area (Å²) in [6, 6.07) is 0.0244. The van der Waals surface area contributed by atoms with Crippen molar-refractivity contribution in [3.05, 3.63) is 0 Å². The second-order valence-electron chi connectivity index (χ2n) is 4.38. The molecule has 4 heteroatoms. The zero-order valence-corrected chi connectivity index (χ0v) is 9.58. The van der Waals surface area contributed by atoms with E-state index >= 15 is 0 Å². The number of nitrogens with one attached hydrogen (secondary N) is 1. The summed E-state index contributed by atoms with van der Waals surface area (Å²) in [7, 11) is 0. The van der Waals surface area contributed by atoms with Crippen LogP contribution in [0.2, 0.25) is 0 Å². The molecule has 1 aliphatic carbocycles. The fourth-order valence-electron chi connectivity index (χ4n) is 2.29. The van der Waals surface area contributed by atoms with Gasteiger partial charge in [0.15, 0.2) is 5.84 Å². The molecule has 0 radical (unpaired) electrons. The number of oxime groups is 1. The minimum Gasteiger partial charge on any atom is -0.409 e. The van der Waals surface area contributed by atoms with Gasteiger partial charge in [-0.1, -0.05) is 37.8 Å². The third kappa shape index (κ3) is 4.08. The van der Waals surface area contributed by atoms with Crippen LogP contribution in [-0.4, -0.2) is 23.6 Å². The molecule has 0 spiro atoms. The molecule has 15 heavy (non-hydrogen) atoms. The minimum absolute atomic E-state index is 0.0244. The van der Waals surface area contributed by atoms with E-state index in [1.54, 1.807) is 0 Å². The van der Waals surface area contributed by atoms with Crippen LogP contribution in [0.15, 0.2) is 5.16 Å². The van der Waals surface area contributed by atoms with Gasteiger partial charge < -0.3 is 16.3 Å². The Hall–Kier alpha value is -0.770. The van der Waals surface area contributed by atoms with Crippen LogP contribution in [0, 0.1) is 5.92 Å². The van der Waals surface area contributed by atoms with Crippen LogP contribution < -0.4 is 11.1 Å². The van der Waals surface area contributed by atoms with Crippen molar-refractivity contribution in [3.63, 3.8) is 0 Å². The van der Waals surface area contributed by atoms with Crippen molar-refractivity contribution in [2.45, 2.75) is 51.5 Å². The van der Waals surface area contributed by atoms with Gasteiger partial charge in [0.2, 0.25) is 0 Å². The van der Waals surface area contributed by atoms with Crippen LogP contribution in [0.1, 0.15) is 45.4 Å². The molecule has 0 aliphatic heterocycles. The van der Waals surface area contributed by atoms with Crippen molar-refractivity contribution in [1.82, 2.24) is 5.32 Å². The van der Waals surface area contributed by atoms with Crippen LogP contribution in [0.3, 0.4) is 0 Å². The normalized spacial score (nSPS) is 20.7. The van der Waals surface area contributed by atoms with Gasteiger partial charge in [-0.05, 0) is 25.3 Å². The molecule has 1 fully saturated rings. The van der Waals surface area contributed by atoms with Gasteiger partial charge in [0.25, 0.3) is 0 Å². The molecule has 0 aromatic rings. The Kier molecular flexibility index (Phi) is 5.47. The van der Waals surface area contributed by atoms with E-state index in [0.29, 0.717) is 5.84 Å². The van der Waals surface area contributed by atoms with E-state index in [9.17, 15) is 0 Å². The van der Waals surface area contributed by atoms with Crippen molar-refractivity contribution in [3.8, 4) is 0 Å². The summed E-state index contributed by atoms with van der Waals surface area (Å²) < 4.78 is 0. The molecular formula is C11H23N3O. The van der Waals surface area contributed by atoms with Gasteiger partial charge in [0.1, 0.15) is 0 Å². The monoisotopic (exact) mass is 213 g/mol. The maximum absolute atomic E-state index is 8.57. The van der Waals surface area contributed by atoms with Crippen molar-refractivity contribution in [2.24, 2.45) is 16.8 Å². The van der Waals surface area contributed by atoms with Gasteiger partial charge in [-0.3, -0.25) is 0 Å². The maximum Gasteiger partial charge on any atom is 0.156 e. The first kappa shape index (κ1) is 12.3. The predicted molar refractivity (Wildman–Crippen MR) is 62.1 cm³/mol. The highest BCUT2D eigenvalue weighted by molar-refractivity contribution is 5.85. The van der Waals surface area contributed by atoms with Crippen LogP contribution in [0.4, 0.5) is 0 Å². The van der Waals surface area contributed by atoms with E-state index in [4.69, 9.17) is 10.9 Å². The molecule has 0 saturated heterocycles. The predicted octanol–water partition coefficient (Wildman–Crippen LogP) is 1.68.